The second-order valence-electron chi connectivity index (χ2n) is 4.03. The summed E-state index contributed by atoms with van der Waals surface area (Å²) in [5, 5.41) is 2.64. The zero-order chi connectivity index (χ0) is 14.0. The van der Waals surface area contributed by atoms with Crippen molar-refractivity contribution in [3.05, 3.63) is 17.0 Å². The Morgan fingerprint density at radius 3 is 2.84 bits per heavy atom. The van der Waals surface area contributed by atoms with E-state index in [2.05, 4.69) is 5.32 Å². The van der Waals surface area contributed by atoms with Gasteiger partial charge >= 0.3 is 0 Å². The number of rotatable bonds is 3. The minimum Gasteiger partial charge on any atom is -0.389 e. The van der Waals surface area contributed by atoms with Gasteiger partial charge in [0.15, 0.2) is 0 Å². The third kappa shape index (κ3) is 3.11. The van der Waals surface area contributed by atoms with Gasteiger partial charge in [-0.05, 0) is 18.6 Å². The first-order valence-electron chi connectivity index (χ1n) is 5.58. The van der Waals surface area contributed by atoms with E-state index in [0.717, 1.165) is 11.3 Å². The number of thiophene rings is 1. The highest BCUT2D eigenvalue weighted by atomic mass is 32.2. The monoisotopic (exact) mass is 319 g/mol. The van der Waals surface area contributed by atoms with Crippen LogP contribution in [0.4, 0.5) is 0 Å². The maximum absolute atomic E-state index is 12.4. The number of hydrogen-bond acceptors (Lipinski definition) is 5. The van der Waals surface area contributed by atoms with Gasteiger partial charge in [0.25, 0.3) is 10.0 Å². The van der Waals surface area contributed by atoms with Gasteiger partial charge in [0.05, 0.1) is 11.4 Å². The fourth-order valence-electron chi connectivity index (χ4n) is 1.70. The van der Waals surface area contributed by atoms with Crippen molar-refractivity contribution in [3.63, 3.8) is 0 Å². The molecule has 19 heavy (non-hydrogen) atoms. The Balaban J connectivity index is 2.29. The Morgan fingerprint density at radius 2 is 2.21 bits per heavy atom. The van der Waals surface area contributed by atoms with Gasteiger partial charge in [0, 0.05) is 13.1 Å². The van der Waals surface area contributed by atoms with Gasteiger partial charge < -0.3 is 11.1 Å². The van der Waals surface area contributed by atoms with Crippen LogP contribution in [0.25, 0.3) is 0 Å². The van der Waals surface area contributed by atoms with E-state index in [0.29, 0.717) is 24.4 Å². The summed E-state index contributed by atoms with van der Waals surface area (Å²) < 4.78 is 26.1. The Labute approximate surface area is 120 Å². The summed E-state index contributed by atoms with van der Waals surface area (Å²) in [4.78, 5) is 12.1. The quantitative estimate of drug-likeness (QED) is 0.759. The zero-order valence-corrected chi connectivity index (χ0v) is 12.4. The van der Waals surface area contributed by atoms with Gasteiger partial charge in [-0.2, -0.15) is 4.31 Å². The molecule has 0 aromatic carbocycles. The molecule has 0 bridgehead atoms. The number of carbonyl (C=O) groups excluding carboxylic acids is 1. The largest absolute Gasteiger partial charge is 0.389 e. The lowest BCUT2D eigenvalue weighted by Gasteiger charge is -2.17. The van der Waals surface area contributed by atoms with Gasteiger partial charge in [-0.3, -0.25) is 4.79 Å². The molecule has 1 aliphatic heterocycles. The van der Waals surface area contributed by atoms with Crippen molar-refractivity contribution in [1.82, 2.24) is 9.62 Å². The number of nitrogens with two attached hydrogens (primary N) is 1. The van der Waals surface area contributed by atoms with Crippen molar-refractivity contribution in [3.8, 4) is 0 Å². The van der Waals surface area contributed by atoms with Gasteiger partial charge in [0.1, 0.15) is 9.20 Å². The van der Waals surface area contributed by atoms with E-state index in [9.17, 15) is 13.2 Å². The average Bonchev–Trinajstić information content (AvgIpc) is 2.74. The summed E-state index contributed by atoms with van der Waals surface area (Å²) in [6.07, 6.45) is 0.596. The van der Waals surface area contributed by atoms with E-state index in [1.54, 1.807) is 6.07 Å². The van der Waals surface area contributed by atoms with Crippen LogP contribution in [-0.2, 0) is 14.8 Å². The molecule has 3 N–H and O–H groups in total. The molecule has 9 heteroatoms. The summed E-state index contributed by atoms with van der Waals surface area (Å²) in [5.74, 6) is -0.285. The molecule has 1 saturated heterocycles. The molecule has 1 amide bonds. The highest BCUT2D eigenvalue weighted by molar-refractivity contribution is 7.91. The molecule has 0 radical (unpaired) electrons. The average molecular weight is 319 g/mol. The zero-order valence-electron chi connectivity index (χ0n) is 9.96. The van der Waals surface area contributed by atoms with Crippen LogP contribution >= 0.6 is 23.6 Å². The third-order valence-corrected chi connectivity index (χ3v) is 6.42. The Kier molecular flexibility index (Phi) is 4.19. The van der Waals surface area contributed by atoms with Crippen LogP contribution in [0.2, 0.25) is 0 Å². The summed E-state index contributed by atoms with van der Waals surface area (Å²) in [6.45, 7) is 0.664. The Morgan fingerprint density at radius 1 is 1.47 bits per heavy atom. The highest BCUT2D eigenvalue weighted by Crippen LogP contribution is 2.25. The van der Waals surface area contributed by atoms with Gasteiger partial charge in [-0.25, -0.2) is 8.42 Å². The predicted octanol–water partition coefficient (Wildman–Crippen LogP) is -0.107. The lowest BCUT2D eigenvalue weighted by Crippen LogP contribution is -2.37. The van der Waals surface area contributed by atoms with Gasteiger partial charge in [-0.15, -0.1) is 11.3 Å². The molecule has 1 fully saturated rings. The smallest absolute Gasteiger partial charge is 0.253 e. The molecule has 0 saturated carbocycles. The number of hydrogen-bond donors (Lipinski definition) is 2. The summed E-state index contributed by atoms with van der Waals surface area (Å²) in [6, 6.07) is 3.05. The molecule has 1 aromatic rings. The topological polar surface area (TPSA) is 92.5 Å². The maximum atomic E-state index is 12.4. The van der Waals surface area contributed by atoms with Crippen molar-refractivity contribution in [2.75, 3.05) is 19.6 Å². The fraction of sp³-hybridized carbons (Fsp3) is 0.400. The first-order chi connectivity index (χ1) is 8.91. The number of amides is 1. The molecular weight excluding hydrogens is 306 g/mol. The Bertz CT molecular complexity index is 609. The molecule has 2 rings (SSSR count). The van der Waals surface area contributed by atoms with Crippen molar-refractivity contribution in [2.45, 2.75) is 10.6 Å². The number of sulfonamides is 1. The van der Waals surface area contributed by atoms with E-state index < -0.39 is 10.0 Å². The summed E-state index contributed by atoms with van der Waals surface area (Å²) in [5.41, 5.74) is 5.47. The second-order valence-corrected chi connectivity index (χ2v) is 7.71. The van der Waals surface area contributed by atoms with E-state index in [1.807, 2.05) is 0 Å². The molecule has 1 aromatic heterocycles. The molecule has 0 atom stereocenters. The molecular formula is C10H13N3O3S3. The molecule has 0 unspecified atom stereocenters. The number of nitrogens with zero attached hydrogens (tertiary/aromatic N) is 1. The normalized spacial score (nSPS) is 17.8. The number of nitrogens with one attached hydrogen (secondary N) is 1. The predicted molar refractivity (Wildman–Crippen MR) is 76.6 cm³/mol. The highest BCUT2D eigenvalue weighted by Gasteiger charge is 2.29. The SMILES string of the molecule is NC(=S)c1ccc(S(=O)(=O)N2CCCNC(=O)C2)s1. The lowest BCUT2D eigenvalue weighted by atomic mass is 10.4. The van der Waals surface area contributed by atoms with Crippen LogP contribution in [0.3, 0.4) is 0 Å². The van der Waals surface area contributed by atoms with E-state index in [-0.39, 0.29) is 21.6 Å². The molecule has 2 heterocycles. The fourth-order valence-corrected chi connectivity index (χ4v) is 4.64. The standard InChI is InChI=1S/C10H13N3O3S3/c11-10(17)7-2-3-9(18-7)19(15,16)13-5-1-4-12-8(14)6-13/h2-3H,1,4-6H2,(H2,11,17)(H,12,14). The summed E-state index contributed by atoms with van der Waals surface area (Å²) >= 11 is 5.83. The van der Waals surface area contributed by atoms with Gasteiger partial charge in [-0.1, -0.05) is 12.2 Å². The van der Waals surface area contributed by atoms with Crippen LogP contribution in [0, 0.1) is 0 Å². The number of thiocarbonyl (C=S) groups is 1. The van der Waals surface area contributed by atoms with E-state index >= 15 is 0 Å². The minimum absolute atomic E-state index is 0.150. The van der Waals surface area contributed by atoms with Crippen molar-refractivity contribution in [1.29, 1.82) is 0 Å². The molecule has 1 aliphatic rings. The van der Waals surface area contributed by atoms with Crippen LogP contribution in [0.1, 0.15) is 11.3 Å². The maximum Gasteiger partial charge on any atom is 0.253 e. The van der Waals surface area contributed by atoms with Crippen molar-refractivity contribution >= 4 is 44.5 Å². The molecule has 0 spiro atoms. The number of carbonyl (C=O) groups is 1. The first-order valence-corrected chi connectivity index (χ1v) is 8.24. The van der Waals surface area contributed by atoms with Crippen LogP contribution in [0.15, 0.2) is 16.3 Å². The van der Waals surface area contributed by atoms with Crippen molar-refractivity contribution < 1.29 is 13.2 Å². The molecule has 6 nitrogen and oxygen atoms in total. The lowest BCUT2D eigenvalue weighted by molar-refractivity contribution is -0.120. The van der Waals surface area contributed by atoms with E-state index in [4.69, 9.17) is 18.0 Å². The Hall–Kier alpha value is -1.03. The van der Waals surface area contributed by atoms with Crippen LogP contribution in [-0.4, -0.2) is 43.3 Å². The molecule has 104 valence electrons. The van der Waals surface area contributed by atoms with Crippen molar-refractivity contribution in [2.24, 2.45) is 5.73 Å². The van der Waals surface area contributed by atoms with Gasteiger partial charge in [0.2, 0.25) is 5.91 Å². The van der Waals surface area contributed by atoms with Crippen LogP contribution in [0.5, 0.6) is 0 Å². The second kappa shape index (κ2) is 5.53. The van der Waals surface area contributed by atoms with Crippen LogP contribution < -0.4 is 11.1 Å². The first kappa shape index (κ1) is 14.4. The van der Waals surface area contributed by atoms with E-state index in [1.165, 1.54) is 10.4 Å². The molecule has 0 aliphatic carbocycles. The minimum atomic E-state index is -3.66. The third-order valence-electron chi connectivity index (χ3n) is 2.64. The summed E-state index contributed by atoms with van der Waals surface area (Å²) in [7, 11) is -3.66.